The Bertz CT molecular complexity index is 329. The quantitative estimate of drug-likeness (QED) is 0.833. The highest BCUT2D eigenvalue weighted by atomic mass is 35.5. The van der Waals surface area contributed by atoms with Crippen molar-refractivity contribution in [2.45, 2.75) is 38.0 Å². The molecule has 1 N–H and O–H groups in total. The molecule has 0 amide bonds. The fraction of sp³-hybridized carbons (Fsp3) is 0.538. The summed E-state index contributed by atoms with van der Waals surface area (Å²) >= 11 is 6.36. The molecule has 1 aromatic rings. The zero-order chi connectivity index (χ0) is 10.7. The van der Waals surface area contributed by atoms with Crippen LogP contribution >= 0.6 is 11.6 Å². The second-order valence-corrected chi connectivity index (χ2v) is 4.65. The molecule has 1 aliphatic rings. The first kappa shape index (κ1) is 11.0. The van der Waals surface area contributed by atoms with Crippen molar-refractivity contribution in [1.82, 2.24) is 0 Å². The largest absolute Gasteiger partial charge is 0.396 e. The van der Waals surface area contributed by atoms with E-state index in [1.807, 2.05) is 6.07 Å². The standard InChI is InChI=1S/C13H17ClO/c14-13-11(8-9-15)6-3-7-12(13)10-4-1-2-5-10/h3,6-7,10,15H,1-2,4-5,8-9H2. The van der Waals surface area contributed by atoms with E-state index in [0.29, 0.717) is 12.3 Å². The molecule has 2 rings (SSSR count). The van der Waals surface area contributed by atoms with E-state index < -0.39 is 0 Å². The lowest BCUT2D eigenvalue weighted by Gasteiger charge is -2.14. The molecule has 0 saturated heterocycles. The van der Waals surface area contributed by atoms with E-state index >= 15 is 0 Å². The summed E-state index contributed by atoms with van der Waals surface area (Å²) in [5.41, 5.74) is 2.38. The van der Waals surface area contributed by atoms with Crippen molar-refractivity contribution < 1.29 is 5.11 Å². The fourth-order valence-electron chi connectivity index (χ4n) is 2.47. The SMILES string of the molecule is OCCc1cccc(C2CCCC2)c1Cl. The second-order valence-electron chi connectivity index (χ2n) is 4.28. The van der Waals surface area contributed by atoms with Gasteiger partial charge in [-0.3, -0.25) is 0 Å². The summed E-state index contributed by atoms with van der Waals surface area (Å²) in [5.74, 6) is 0.649. The van der Waals surface area contributed by atoms with Gasteiger partial charge in [-0.05, 0) is 36.3 Å². The van der Waals surface area contributed by atoms with Gasteiger partial charge in [0.25, 0.3) is 0 Å². The lowest BCUT2D eigenvalue weighted by molar-refractivity contribution is 0.299. The zero-order valence-electron chi connectivity index (χ0n) is 8.88. The molecule has 2 heteroatoms. The van der Waals surface area contributed by atoms with Crippen LogP contribution in [-0.4, -0.2) is 11.7 Å². The normalized spacial score (nSPS) is 17.2. The van der Waals surface area contributed by atoms with Gasteiger partial charge in [-0.15, -0.1) is 0 Å². The molecule has 1 saturated carbocycles. The Morgan fingerprint density at radius 2 is 2.00 bits per heavy atom. The van der Waals surface area contributed by atoms with Crippen molar-refractivity contribution in [3.8, 4) is 0 Å². The molecule has 15 heavy (non-hydrogen) atoms. The Balaban J connectivity index is 2.26. The maximum atomic E-state index is 8.94. The molecular formula is C13H17ClO. The molecule has 1 aliphatic carbocycles. The van der Waals surface area contributed by atoms with Crippen molar-refractivity contribution in [3.05, 3.63) is 34.3 Å². The number of aliphatic hydroxyl groups is 1. The minimum atomic E-state index is 0.174. The number of aliphatic hydroxyl groups excluding tert-OH is 1. The third-order valence-corrected chi connectivity index (χ3v) is 3.75. The Labute approximate surface area is 96.1 Å². The Kier molecular flexibility index (Phi) is 3.66. The van der Waals surface area contributed by atoms with E-state index in [-0.39, 0.29) is 6.61 Å². The van der Waals surface area contributed by atoms with Crippen LogP contribution in [0.1, 0.15) is 42.7 Å². The summed E-state index contributed by atoms with van der Waals surface area (Å²) in [4.78, 5) is 0. The maximum absolute atomic E-state index is 8.94. The Morgan fingerprint density at radius 1 is 1.27 bits per heavy atom. The first-order valence-electron chi connectivity index (χ1n) is 5.71. The van der Waals surface area contributed by atoms with Crippen molar-refractivity contribution >= 4 is 11.6 Å². The number of rotatable bonds is 3. The van der Waals surface area contributed by atoms with Crippen LogP contribution in [0, 0.1) is 0 Å². The van der Waals surface area contributed by atoms with E-state index in [0.717, 1.165) is 10.6 Å². The molecule has 0 heterocycles. The monoisotopic (exact) mass is 224 g/mol. The van der Waals surface area contributed by atoms with E-state index in [2.05, 4.69) is 12.1 Å². The van der Waals surface area contributed by atoms with Crippen LogP contribution in [0.3, 0.4) is 0 Å². The summed E-state index contributed by atoms with van der Waals surface area (Å²) < 4.78 is 0. The van der Waals surface area contributed by atoms with Crippen molar-refractivity contribution in [1.29, 1.82) is 0 Å². The van der Waals surface area contributed by atoms with Gasteiger partial charge in [0.2, 0.25) is 0 Å². The third-order valence-electron chi connectivity index (χ3n) is 3.28. The highest BCUT2D eigenvalue weighted by Gasteiger charge is 2.20. The molecule has 0 unspecified atom stereocenters. The van der Waals surface area contributed by atoms with E-state index in [1.165, 1.54) is 31.2 Å². The minimum absolute atomic E-state index is 0.174. The zero-order valence-corrected chi connectivity index (χ0v) is 9.63. The lowest BCUT2D eigenvalue weighted by atomic mass is 9.95. The summed E-state index contributed by atoms with van der Waals surface area (Å²) in [6.07, 6.45) is 5.85. The molecule has 0 spiro atoms. The van der Waals surface area contributed by atoms with Crippen LogP contribution < -0.4 is 0 Å². The van der Waals surface area contributed by atoms with Crippen LogP contribution in [0.25, 0.3) is 0 Å². The highest BCUT2D eigenvalue weighted by molar-refractivity contribution is 6.32. The third kappa shape index (κ3) is 2.35. The maximum Gasteiger partial charge on any atom is 0.0473 e. The van der Waals surface area contributed by atoms with Gasteiger partial charge in [0.15, 0.2) is 0 Å². The summed E-state index contributed by atoms with van der Waals surface area (Å²) in [6.45, 7) is 0.174. The van der Waals surface area contributed by atoms with Gasteiger partial charge < -0.3 is 5.11 Å². The van der Waals surface area contributed by atoms with Crippen LogP contribution in [0.5, 0.6) is 0 Å². The molecule has 1 nitrogen and oxygen atoms in total. The topological polar surface area (TPSA) is 20.2 Å². The predicted octanol–water partition coefficient (Wildman–Crippen LogP) is 3.53. The van der Waals surface area contributed by atoms with Crippen LogP contribution in [0.2, 0.25) is 5.02 Å². The molecule has 82 valence electrons. The first-order valence-corrected chi connectivity index (χ1v) is 6.09. The van der Waals surface area contributed by atoms with Crippen LogP contribution in [0.15, 0.2) is 18.2 Å². The van der Waals surface area contributed by atoms with Crippen LogP contribution in [0.4, 0.5) is 0 Å². The molecule has 1 fully saturated rings. The van der Waals surface area contributed by atoms with Crippen molar-refractivity contribution in [2.75, 3.05) is 6.61 Å². The highest BCUT2D eigenvalue weighted by Crippen LogP contribution is 2.38. The molecule has 0 radical (unpaired) electrons. The predicted molar refractivity (Wildman–Crippen MR) is 63.5 cm³/mol. The fourth-order valence-corrected chi connectivity index (χ4v) is 2.84. The van der Waals surface area contributed by atoms with Gasteiger partial charge in [-0.1, -0.05) is 42.6 Å². The molecule has 0 aliphatic heterocycles. The van der Waals surface area contributed by atoms with E-state index in [1.54, 1.807) is 0 Å². The molecular weight excluding hydrogens is 208 g/mol. The van der Waals surface area contributed by atoms with Gasteiger partial charge in [0.05, 0.1) is 0 Å². The number of benzene rings is 1. The molecule has 0 aromatic heterocycles. The smallest absolute Gasteiger partial charge is 0.0473 e. The van der Waals surface area contributed by atoms with Gasteiger partial charge >= 0.3 is 0 Å². The van der Waals surface area contributed by atoms with Crippen molar-refractivity contribution in [2.24, 2.45) is 0 Å². The van der Waals surface area contributed by atoms with Crippen LogP contribution in [-0.2, 0) is 6.42 Å². The van der Waals surface area contributed by atoms with Gasteiger partial charge in [-0.25, -0.2) is 0 Å². The average molecular weight is 225 g/mol. The number of hydrogen-bond donors (Lipinski definition) is 1. The number of halogens is 1. The Morgan fingerprint density at radius 3 is 2.67 bits per heavy atom. The average Bonchev–Trinajstić information content (AvgIpc) is 2.74. The summed E-state index contributed by atoms with van der Waals surface area (Å²) in [6, 6.07) is 6.21. The molecule has 0 atom stereocenters. The first-order chi connectivity index (χ1) is 7.33. The second kappa shape index (κ2) is 5.00. The molecule has 0 bridgehead atoms. The number of hydrogen-bond acceptors (Lipinski definition) is 1. The van der Waals surface area contributed by atoms with E-state index in [4.69, 9.17) is 16.7 Å². The molecule has 1 aromatic carbocycles. The van der Waals surface area contributed by atoms with Crippen molar-refractivity contribution in [3.63, 3.8) is 0 Å². The Hall–Kier alpha value is -0.530. The van der Waals surface area contributed by atoms with Gasteiger partial charge in [0, 0.05) is 11.6 Å². The summed E-state index contributed by atoms with van der Waals surface area (Å²) in [7, 11) is 0. The summed E-state index contributed by atoms with van der Waals surface area (Å²) in [5, 5.41) is 9.83. The minimum Gasteiger partial charge on any atom is -0.396 e. The lowest BCUT2D eigenvalue weighted by Crippen LogP contribution is -1.98. The van der Waals surface area contributed by atoms with Gasteiger partial charge in [0.1, 0.15) is 0 Å². The van der Waals surface area contributed by atoms with Gasteiger partial charge in [-0.2, -0.15) is 0 Å². The van der Waals surface area contributed by atoms with E-state index in [9.17, 15) is 0 Å².